The van der Waals surface area contributed by atoms with E-state index < -0.39 is 49.3 Å². The van der Waals surface area contributed by atoms with Gasteiger partial charge in [-0.25, -0.2) is 0 Å². The molecule has 5 nitrogen and oxygen atoms in total. The van der Waals surface area contributed by atoms with E-state index in [4.69, 9.17) is 0 Å². The summed E-state index contributed by atoms with van der Waals surface area (Å²) in [4.78, 5) is 12.7. The fourth-order valence-electron chi connectivity index (χ4n) is 3.03. The maximum absolute atomic E-state index is 13.9. The van der Waals surface area contributed by atoms with Crippen LogP contribution in [-0.2, 0) is 4.74 Å². The second-order valence-electron chi connectivity index (χ2n) is 5.79. The van der Waals surface area contributed by atoms with E-state index in [0.717, 1.165) is 6.07 Å². The van der Waals surface area contributed by atoms with Crippen LogP contribution >= 0.6 is 0 Å². The largest absolute Gasteiger partial charge is 0.443 e. The number of hydrogen-bond donors (Lipinski definition) is 2. The van der Waals surface area contributed by atoms with Crippen LogP contribution in [0.4, 0.5) is 32.0 Å². The Kier molecular flexibility index (Phi) is 3.73. The van der Waals surface area contributed by atoms with Gasteiger partial charge in [0.2, 0.25) is 5.66 Å². The van der Waals surface area contributed by atoms with Gasteiger partial charge in [0.1, 0.15) is 0 Å². The molecule has 2 heterocycles. The van der Waals surface area contributed by atoms with Crippen LogP contribution in [0.2, 0.25) is 0 Å². The van der Waals surface area contributed by atoms with Crippen LogP contribution in [0.3, 0.4) is 0 Å². The topological polar surface area (TPSA) is 61.8 Å². The van der Waals surface area contributed by atoms with Crippen LogP contribution in [0.1, 0.15) is 16.8 Å². The number of para-hydroxylation sites is 1. The molecular formula is C14H12F6N2O3. The highest BCUT2D eigenvalue weighted by atomic mass is 19.4. The Hall–Kier alpha value is -2.01. The molecule has 138 valence electrons. The van der Waals surface area contributed by atoms with Crippen molar-refractivity contribution in [2.45, 2.75) is 30.2 Å². The first kappa shape index (κ1) is 17.8. The van der Waals surface area contributed by atoms with Gasteiger partial charge in [-0.1, -0.05) is 12.1 Å². The molecule has 1 amide bonds. The summed E-state index contributed by atoms with van der Waals surface area (Å²) in [5.41, 5.74) is -3.84. The minimum atomic E-state index is -5.48. The second kappa shape index (κ2) is 5.24. The molecule has 2 aliphatic heterocycles. The maximum Gasteiger partial charge on any atom is 0.443 e. The fraction of sp³-hybridized carbons (Fsp3) is 0.500. The third kappa shape index (κ3) is 2.53. The van der Waals surface area contributed by atoms with Gasteiger partial charge >= 0.3 is 12.4 Å². The fourth-order valence-corrected chi connectivity index (χ4v) is 3.03. The summed E-state index contributed by atoms with van der Waals surface area (Å²) in [6.45, 7) is -1.69. The Bertz CT molecular complexity index is 707. The third-order valence-corrected chi connectivity index (χ3v) is 4.27. The van der Waals surface area contributed by atoms with Gasteiger partial charge in [-0.05, 0) is 12.1 Å². The van der Waals surface area contributed by atoms with Crippen LogP contribution in [0, 0.1) is 0 Å². The van der Waals surface area contributed by atoms with Gasteiger partial charge in [-0.3, -0.25) is 4.79 Å². The highest BCUT2D eigenvalue weighted by Crippen LogP contribution is 2.50. The predicted octanol–water partition coefficient (Wildman–Crippen LogP) is 2.48. The summed E-state index contributed by atoms with van der Waals surface area (Å²) >= 11 is 0. The molecule has 0 aromatic heterocycles. The van der Waals surface area contributed by atoms with E-state index in [0.29, 0.717) is 0 Å². The lowest BCUT2D eigenvalue weighted by molar-refractivity contribution is -0.374. The quantitative estimate of drug-likeness (QED) is 0.689. The molecule has 11 heteroatoms. The van der Waals surface area contributed by atoms with E-state index in [1.54, 1.807) is 0 Å². The summed E-state index contributed by atoms with van der Waals surface area (Å²) in [6, 6.07) is 5.16. The third-order valence-electron chi connectivity index (χ3n) is 4.27. The highest BCUT2D eigenvalue weighted by molar-refractivity contribution is 6.02. The molecule has 1 aromatic rings. The SMILES string of the molecule is O=C1c2ccccc2NC2(C(F)(F)F)CC(O)(C(F)(F)F)OCCN12. The zero-order chi connectivity index (χ0) is 18.7. The maximum atomic E-state index is 13.9. The average molecular weight is 370 g/mol. The number of anilines is 1. The lowest BCUT2D eigenvalue weighted by Gasteiger charge is -2.49. The number of amides is 1. The first-order valence-corrected chi connectivity index (χ1v) is 7.10. The number of aliphatic hydroxyl groups is 1. The molecule has 3 rings (SSSR count). The number of carbonyl (C=O) groups excluding carboxylic acids is 1. The number of fused-ring (bicyclic) bond motifs is 2. The standard InChI is InChI=1S/C14H12F6N2O3/c15-13(16,17)11-7-12(24,14(18,19)20)25-6-5-22(11)10(23)8-3-1-2-4-9(8)21-11/h1-4,21,24H,5-7H2. The van der Waals surface area contributed by atoms with Gasteiger partial charge < -0.3 is 20.1 Å². The molecule has 0 saturated carbocycles. The Morgan fingerprint density at radius 2 is 1.76 bits per heavy atom. The number of nitrogens with one attached hydrogen (secondary N) is 1. The van der Waals surface area contributed by atoms with E-state index in [1.165, 1.54) is 18.2 Å². The van der Waals surface area contributed by atoms with Crippen molar-refractivity contribution in [3.8, 4) is 0 Å². The molecule has 2 N–H and O–H groups in total. The minimum Gasteiger partial charge on any atom is -0.358 e. The lowest BCUT2D eigenvalue weighted by Crippen LogP contribution is -2.70. The van der Waals surface area contributed by atoms with Gasteiger partial charge in [-0.2, -0.15) is 26.3 Å². The smallest absolute Gasteiger partial charge is 0.358 e. The molecule has 0 radical (unpaired) electrons. The monoisotopic (exact) mass is 370 g/mol. The van der Waals surface area contributed by atoms with Crippen molar-refractivity contribution in [1.82, 2.24) is 4.90 Å². The van der Waals surface area contributed by atoms with Crippen LogP contribution in [0.25, 0.3) is 0 Å². The van der Waals surface area contributed by atoms with E-state index in [9.17, 15) is 36.2 Å². The van der Waals surface area contributed by atoms with Crippen LogP contribution < -0.4 is 5.32 Å². The first-order chi connectivity index (χ1) is 11.4. The molecule has 1 fully saturated rings. The minimum absolute atomic E-state index is 0.111. The zero-order valence-electron chi connectivity index (χ0n) is 12.4. The Morgan fingerprint density at radius 3 is 2.36 bits per heavy atom. The molecule has 1 aromatic carbocycles. The van der Waals surface area contributed by atoms with Crippen molar-refractivity contribution in [1.29, 1.82) is 0 Å². The number of nitrogens with zero attached hydrogens (tertiary/aromatic N) is 1. The molecule has 2 atom stereocenters. The first-order valence-electron chi connectivity index (χ1n) is 7.10. The Labute approximate surface area is 137 Å². The van der Waals surface area contributed by atoms with Crippen LogP contribution in [0.5, 0.6) is 0 Å². The van der Waals surface area contributed by atoms with E-state index in [-0.39, 0.29) is 16.2 Å². The molecular weight excluding hydrogens is 358 g/mol. The molecule has 2 unspecified atom stereocenters. The van der Waals surface area contributed by atoms with E-state index in [1.807, 2.05) is 5.32 Å². The van der Waals surface area contributed by atoms with Crippen molar-refractivity contribution in [3.63, 3.8) is 0 Å². The molecule has 0 spiro atoms. The number of hydrogen-bond acceptors (Lipinski definition) is 4. The van der Waals surface area contributed by atoms with Crippen LogP contribution in [-0.4, -0.2) is 52.9 Å². The van der Waals surface area contributed by atoms with Gasteiger partial charge in [0.25, 0.3) is 11.7 Å². The van der Waals surface area contributed by atoms with Gasteiger partial charge in [0, 0.05) is 12.2 Å². The number of halogens is 6. The molecule has 25 heavy (non-hydrogen) atoms. The molecule has 0 bridgehead atoms. The van der Waals surface area contributed by atoms with E-state index in [2.05, 4.69) is 4.74 Å². The average Bonchev–Trinajstić information content (AvgIpc) is 2.64. The number of rotatable bonds is 0. The van der Waals surface area contributed by atoms with Crippen molar-refractivity contribution in [2.24, 2.45) is 0 Å². The predicted molar refractivity (Wildman–Crippen MR) is 71.5 cm³/mol. The van der Waals surface area contributed by atoms with Crippen molar-refractivity contribution in [3.05, 3.63) is 29.8 Å². The number of benzene rings is 1. The van der Waals surface area contributed by atoms with Crippen LogP contribution in [0.15, 0.2) is 24.3 Å². The molecule has 2 aliphatic rings. The summed E-state index contributed by atoms with van der Waals surface area (Å²) in [6.07, 6.45) is -12.8. The van der Waals surface area contributed by atoms with Crippen molar-refractivity contribution < 1.29 is 41.0 Å². The van der Waals surface area contributed by atoms with Crippen molar-refractivity contribution >= 4 is 11.6 Å². The lowest BCUT2D eigenvalue weighted by atomic mass is 9.91. The number of ether oxygens (including phenoxy) is 1. The number of alkyl halides is 6. The summed E-state index contributed by atoms with van der Waals surface area (Å²) < 4.78 is 85.3. The van der Waals surface area contributed by atoms with Crippen molar-refractivity contribution in [2.75, 3.05) is 18.5 Å². The molecule has 1 saturated heterocycles. The highest BCUT2D eigenvalue weighted by Gasteiger charge is 2.71. The van der Waals surface area contributed by atoms with E-state index >= 15 is 0 Å². The second-order valence-corrected chi connectivity index (χ2v) is 5.79. The zero-order valence-corrected chi connectivity index (χ0v) is 12.4. The number of carbonyl (C=O) groups is 1. The Morgan fingerprint density at radius 1 is 1.12 bits per heavy atom. The normalized spacial score (nSPS) is 30.2. The van der Waals surface area contributed by atoms with Gasteiger partial charge in [-0.15, -0.1) is 0 Å². The summed E-state index contributed by atoms with van der Waals surface area (Å²) in [7, 11) is 0. The summed E-state index contributed by atoms with van der Waals surface area (Å²) in [5, 5.41) is 11.8. The van der Waals surface area contributed by atoms with Gasteiger partial charge in [0.15, 0.2) is 0 Å². The summed E-state index contributed by atoms with van der Waals surface area (Å²) in [5.74, 6) is -5.15. The Balaban J connectivity index is 2.19. The van der Waals surface area contributed by atoms with Gasteiger partial charge in [0.05, 0.1) is 18.6 Å². The molecule has 0 aliphatic carbocycles.